The summed E-state index contributed by atoms with van der Waals surface area (Å²) in [5, 5.41) is 12.1. The van der Waals surface area contributed by atoms with Crippen LogP contribution in [0.5, 0.6) is 5.88 Å². The quantitative estimate of drug-likeness (QED) is 0.890. The molecule has 2 aromatic rings. The van der Waals surface area contributed by atoms with E-state index >= 15 is 0 Å². The van der Waals surface area contributed by atoms with Crippen molar-refractivity contribution in [2.24, 2.45) is 11.3 Å². The minimum Gasteiger partial charge on any atom is -0.476 e. The van der Waals surface area contributed by atoms with E-state index in [4.69, 9.17) is 16.3 Å². The van der Waals surface area contributed by atoms with Crippen LogP contribution in [-0.4, -0.2) is 29.9 Å². The Labute approximate surface area is 151 Å². The molecule has 1 aliphatic heterocycles. The van der Waals surface area contributed by atoms with Crippen molar-refractivity contribution in [3.63, 3.8) is 0 Å². The lowest BCUT2D eigenvalue weighted by molar-refractivity contribution is -0.00300. The van der Waals surface area contributed by atoms with E-state index in [1.165, 1.54) is 43.9 Å². The van der Waals surface area contributed by atoms with Crippen molar-refractivity contribution < 1.29 is 9.13 Å². The summed E-state index contributed by atoms with van der Waals surface area (Å²) in [6, 6.07) is 7.73. The smallest absolute Gasteiger partial charge is 0.233 e. The molecule has 4 nitrogen and oxygen atoms in total. The molecule has 1 spiro atoms. The number of ether oxygens (including phenoxy) is 1. The van der Waals surface area contributed by atoms with Crippen molar-refractivity contribution >= 4 is 11.6 Å². The van der Waals surface area contributed by atoms with Crippen LogP contribution in [-0.2, 0) is 0 Å². The summed E-state index contributed by atoms with van der Waals surface area (Å²) >= 11 is 6.10. The first-order valence-electron chi connectivity index (χ1n) is 8.76. The van der Waals surface area contributed by atoms with Crippen LogP contribution >= 0.6 is 11.6 Å². The second-order valence-electron chi connectivity index (χ2n) is 7.22. The Kier molecular flexibility index (Phi) is 4.61. The van der Waals surface area contributed by atoms with Gasteiger partial charge < -0.3 is 10.1 Å². The van der Waals surface area contributed by atoms with Crippen molar-refractivity contribution in [1.29, 1.82) is 0 Å². The number of aromatic nitrogens is 2. The van der Waals surface area contributed by atoms with Gasteiger partial charge in [-0.1, -0.05) is 11.6 Å². The molecule has 2 heterocycles. The topological polar surface area (TPSA) is 47.0 Å². The Morgan fingerprint density at radius 2 is 1.96 bits per heavy atom. The molecule has 1 N–H and O–H groups in total. The normalized spacial score (nSPS) is 19.6. The van der Waals surface area contributed by atoms with E-state index in [0.29, 0.717) is 40.1 Å². The van der Waals surface area contributed by atoms with Gasteiger partial charge in [-0.3, -0.25) is 0 Å². The summed E-state index contributed by atoms with van der Waals surface area (Å²) in [6.07, 6.45) is 5.07. The minimum atomic E-state index is -0.349. The van der Waals surface area contributed by atoms with Gasteiger partial charge in [-0.05, 0) is 74.4 Å². The highest BCUT2D eigenvalue weighted by atomic mass is 35.5. The third-order valence-corrected chi connectivity index (χ3v) is 5.75. The lowest BCUT2D eigenvalue weighted by Gasteiger charge is -2.50. The highest BCUT2D eigenvalue weighted by molar-refractivity contribution is 6.33. The maximum absolute atomic E-state index is 13.4. The average molecular weight is 362 g/mol. The number of halogens is 2. The summed E-state index contributed by atoms with van der Waals surface area (Å²) in [7, 11) is 0. The maximum Gasteiger partial charge on any atom is 0.233 e. The van der Waals surface area contributed by atoms with Crippen LogP contribution < -0.4 is 10.1 Å². The van der Waals surface area contributed by atoms with Crippen LogP contribution in [0.2, 0.25) is 5.02 Å². The molecule has 2 aliphatic rings. The van der Waals surface area contributed by atoms with Gasteiger partial charge in [-0.25, -0.2) is 4.39 Å². The molecule has 0 unspecified atom stereocenters. The van der Waals surface area contributed by atoms with Crippen molar-refractivity contribution in [1.82, 2.24) is 15.5 Å². The van der Waals surface area contributed by atoms with E-state index in [1.807, 2.05) is 0 Å². The lowest BCUT2D eigenvalue weighted by Crippen LogP contribution is -2.46. The van der Waals surface area contributed by atoms with Crippen molar-refractivity contribution in [2.45, 2.75) is 25.7 Å². The molecule has 1 aliphatic carbocycles. The third-order valence-electron chi connectivity index (χ3n) is 5.42. The molecule has 1 aromatic heterocycles. The van der Waals surface area contributed by atoms with Gasteiger partial charge >= 0.3 is 0 Å². The molecule has 1 saturated carbocycles. The SMILES string of the molecule is Fc1ccc(Cl)c(-c2ccc(OCC3CC4(CCNCC4)C3)nn2)c1. The molecule has 6 heteroatoms. The summed E-state index contributed by atoms with van der Waals surface area (Å²) in [5.41, 5.74) is 1.63. The highest BCUT2D eigenvalue weighted by Crippen LogP contribution is 2.51. The highest BCUT2D eigenvalue weighted by Gasteiger charge is 2.44. The fourth-order valence-corrected chi connectivity index (χ4v) is 4.30. The Balaban J connectivity index is 1.33. The van der Waals surface area contributed by atoms with E-state index < -0.39 is 0 Å². The van der Waals surface area contributed by atoms with Gasteiger partial charge in [-0.2, -0.15) is 0 Å². The van der Waals surface area contributed by atoms with E-state index in [0.717, 1.165) is 13.1 Å². The number of nitrogens with one attached hydrogen (secondary N) is 1. The lowest BCUT2D eigenvalue weighted by atomic mass is 9.58. The number of rotatable bonds is 4. The number of piperidine rings is 1. The summed E-state index contributed by atoms with van der Waals surface area (Å²) in [5.74, 6) is 0.762. The molecule has 2 fully saturated rings. The Bertz CT molecular complexity index is 739. The number of hydrogen-bond acceptors (Lipinski definition) is 4. The zero-order valence-corrected chi connectivity index (χ0v) is 14.7. The van der Waals surface area contributed by atoms with Crippen molar-refractivity contribution in [3.8, 4) is 17.1 Å². The molecule has 0 atom stereocenters. The molecular formula is C19H21ClFN3O. The molecular weight excluding hydrogens is 341 g/mol. The Hall–Kier alpha value is -1.72. The molecule has 25 heavy (non-hydrogen) atoms. The van der Waals surface area contributed by atoms with Gasteiger partial charge in [-0.15, -0.1) is 10.2 Å². The second-order valence-corrected chi connectivity index (χ2v) is 7.62. The zero-order valence-electron chi connectivity index (χ0n) is 14.0. The first-order chi connectivity index (χ1) is 12.1. The fraction of sp³-hybridized carbons (Fsp3) is 0.474. The number of benzene rings is 1. The van der Waals surface area contributed by atoms with E-state index in [1.54, 1.807) is 12.1 Å². The summed E-state index contributed by atoms with van der Waals surface area (Å²) in [6.45, 7) is 2.97. The molecule has 0 amide bonds. The summed E-state index contributed by atoms with van der Waals surface area (Å²) < 4.78 is 19.2. The number of hydrogen-bond donors (Lipinski definition) is 1. The predicted molar refractivity (Wildman–Crippen MR) is 95.2 cm³/mol. The van der Waals surface area contributed by atoms with Crippen LogP contribution in [0.25, 0.3) is 11.3 Å². The molecule has 1 saturated heterocycles. The van der Waals surface area contributed by atoms with Crippen LogP contribution in [0.1, 0.15) is 25.7 Å². The Morgan fingerprint density at radius 3 is 2.68 bits per heavy atom. The van der Waals surface area contributed by atoms with Gasteiger partial charge in [0.15, 0.2) is 0 Å². The fourth-order valence-electron chi connectivity index (χ4n) is 4.09. The van der Waals surface area contributed by atoms with Crippen molar-refractivity contribution in [3.05, 3.63) is 41.2 Å². The van der Waals surface area contributed by atoms with Gasteiger partial charge in [0.1, 0.15) is 5.82 Å². The Morgan fingerprint density at radius 1 is 1.16 bits per heavy atom. The van der Waals surface area contributed by atoms with E-state index in [9.17, 15) is 4.39 Å². The molecule has 0 bridgehead atoms. The minimum absolute atomic E-state index is 0.349. The van der Waals surface area contributed by atoms with E-state index in [-0.39, 0.29) is 5.82 Å². The largest absolute Gasteiger partial charge is 0.476 e. The molecule has 0 radical (unpaired) electrons. The summed E-state index contributed by atoms with van der Waals surface area (Å²) in [4.78, 5) is 0. The van der Waals surface area contributed by atoms with Crippen molar-refractivity contribution in [2.75, 3.05) is 19.7 Å². The van der Waals surface area contributed by atoms with Crippen LogP contribution in [0, 0.1) is 17.2 Å². The monoisotopic (exact) mass is 361 g/mol. The van der Waals surface area contributed by atoms with E-state index in [2.05, 4.69) is 15.5 Å². The molecule has 1 aromatic carbocycles. The van der Waals surface area contributed by atoms with Crippen LogP contribution in [0.4, 0.5) is 4.39 Å². The average Bonchev–Trinajstić information content (AvgIpc) is 2.61. The van der Waals surface area contributed by atoms with Gasteiger partial charge in [0.2, 0.25) is 5.88 Å². The zero-order chi connectivity index (χ0) is 17.3. The first kappa shape index (κ1) is 16.7. The van der Waals surface area contributed by atoms with Gasteiger partial charge in [0.25, 0.3) is 0 Å². The second kappa shape index (κ2) is 6.89. The third kappa shape index (κ3) is 3.62. The first-order valence-corrected chi connectivity index (χ1v) is 9.14. The maximum atomic E-state index is 13.4. The number of nitrogens with zero attached hydrogens (tertiary/aromatic N) is 2. The van der Waals surface area contributed by atoms with Crippen LogP contribution in [0.15, 0.2) is 30.3 Å². The predicted octanol–water partition coefficient (Wildman–Crippen LogP) is 4.09. The molecule has 4 rings (SSSR count). The van der Waals surface area contributed by atoms with Gasteiger partial charge in [0, 0.05) is 11.6 Å². The van der Waals surface area contributed by atoms with Gasteiger partial charge in [0.05, 0.1) is 17.3 Å². The molecule has 132 valence electrons. The van der Waals surface area contributed by atoms with Crippen LogP contribution in [0.3, 0.4) is 0 Å². The standard InChI is InChI=1S/C19H21ClFN3O/c20-16-2-1-14(21)9-15(16)17-3-4-18(24-23-17)25-12-13-10-19(11-13)5-7-22-8-6-19/h1-4,9,13,22H,5-8,10-12H2.